The summed E-state index contributed by atoms with van der Waals surface area (Å²) in [6.45, 7) is 0. The highest BCUT2D eigenvalue weighted by atomic mass is 16.4. The zero-order chi connectivity index (χ0) is 10.4. The summed E-state index contributed by atoms with van der Waals surface area (Å²) in [6.07, 6.45) is 0.559. The number of carboxylic acids is 1. The van der Waals surface area contributed by atoms with Crippen molar-refractivity contribution in [1.82, 2.24) is 5.32 Å². The number of carboxylic acid groups (broad SMARTS) is 1. The summed E-state index contributed by atoms with van der Waals surface area (Å²) < 4.78 is 0. The number of amides is 1. The zero-order valence-electron chi connectivity index (χ0n) is 7.49. The normalized spacial score (nSPS) is 14.9. The van der Waals surface area contributed by atoms with E-state index in [2.05, 4.69) is 5.32 Å². The molecule has 6 nitrogen and oxygen atoms in total. The van der Waals surface area contributed by atoms with Crippen LogP contribution in [0.2, 0.25) is 0 Å². The minimum atomic E-state index is -1.07. The second kappa shape index (κ2) is 5.50. The molecule has 0 spiro atoms. The van der Waals surface area contributed by atoms with Gasteiger partial charge in [0, 0.05) is 0 Å². The van der Waals surface area contributed by atoms with Crippen LogP contribution in [-0.4, -0.2) is 36.1 Å². The van der Waals surface area contributed by atoms with E-state index in [-0.39, 0.29) is 6.42 Å². The summed E-state index contributed by atoms with van der Waals surface area (Å²) >= 11 is 0. The second-order valence-corrected chi connectivity index (χ2v) is 2.77. The molecule has 0 aromatic heterocycles. The Balaban J connectivity index is 3.85. The highest BCUT2D eigenvalue weighted by molar-refractivity contribution is 5.80. The van der Waals surface area contributed by atoms with E-state index in [0.717, 1.165) is 0 Å². The van der Waals surface area contributed by atoms with Gasteiger partial charge in [-0.2, -0.15) is 0 Å². The maximum absolute atomic E-state index is 10.7. The molecule has 0 rings (SSSR count). The van der Waals surface area contributed by atoms with Crippen LogP contribution in [0.4, 0.5) is 0 Å². The Kier molecular flexibility index (Phi) is 5.01. The number of rotatable bonds is 6. The molecule has 0 aromatic rings. The van der Waals surface area contributed by atoms with Gasteiger partial charge in [0.05, 0.1) is 6.04 Å². The van der Waals surface area contributed by atoms with Crippen molar-refractivity contribution < 1.29 is 14.7 Å². The van der Waals surface area contributed by atoms with Gasteiger partial charge in [0.1, 0.15) is 6.04 Å². The third-order valence-electron chi connectivity index (χ3n) is 1.78. The fourth-order valence-electron chi connectivity index (χ4n) is 0.899. The van der Waals surface area contributed by atoms with Gasteiger partial charge in [-0.3, -0.25) is 9.59 Å². The molecule has 0 aliphatic carbocycles. The summed E-state index contributed by atoms with van der Waals surface area (Å²) in [6, 6.07) is -1.44. The molecule has 0 bridgehead atoms. The minimum Gasteiger partial charge on any atom is -0.480 e. The number of carbonyl (C=O) groups excluding carboxylic acids is 1. The Morgan fingerprint density at radius 1 is 1.46 bits per heavy atom. The van der Waals surface area contributed by atoms with E-state index in [0.29, 0.717) is 6.42 Å². The zero-order valence-corrected chi connectivity index (χ0v) is 7.49. The molecule has 6 N–H and O–H groups in total. The number of hydrogen-bond acceptors (Lipinski definition) is 4. The summed E-state index contributed by atoms with van der Waals surface area (Å²) in [5, 5.41) is 11.1. The molecule has 0 aliphatic rings. The molecule has 0 fully saturated rings. The molecule has 2 atom stereocenters. The lowest BCUT2D eigenvalue weighted by Gasteiger charge is -2.13. The average Bonchev–Trinajstić information content (AvgIpc) is 2.04. The Hall–Kier alpha value is -1.14. The molecule has 6 heteroatoms. The van der Waals surface area contributed by atoms with Gasteiger partial charge in [-0.15, -0.1) is 0 Å². The van der Waals surface area contributed by atoms with Gasteiger partial charge >= 0.3 is 5.97 Å². The molecule has 1 amide bonds. The van der Waals surface area contributed by atoms with Crippen LogP contribution < -0.4 is 16.8 Å². The third kappa shape index (κ3) is 4.44. The van der Waals surface area contributed by atoms with Crippen molar-refractivity contribution in [3.8, 4) is 0 Å². The molecular weight excluding hydrogens is 174 g/mol. The quantitative estimate of drug-likeness (QED) is 0.395. The van der Waals surface area contributed by atoms with E-state index in [9.17, 15) is 9.59 Å². The van der Waals surface area contributed by atoms with Gasteiger partial charge in [-0.25, -0.2) is 0 Å². The molecule has 0 aliphatic heterocycles. The van der Waals surface area contributed by atoms with E-state index in [4.69, 9.17) is 16.6 Å². The fourth-order valence-corrected chi connectivity index (χ4v) is 0.899. The first kappa shape index (κ1) is 11.9. The molecule has 0 aromatic carbocycles. The van der Waals surface area contributed by atoms with E-state index in [1.54, 1.807) is 7.05 Å². The van der Waals surface area contributed by atoms with Gasteiger partial charge in [0.15, 0.2) is 0 Å². The average molecular weight is 189 g/mol. The van der Waals surface area contributed by atoms with Crippen LogP contribution in [0.3, 0.4) is 0 Å². The molecule has 0 heterocycles. The molecule has 0 saturated carbocycles. The number of carbonyl (C=O) groups is 2. The van der Waals surface area contributed by atoms with Crippen LogP contribution in [0.15, 0.2) is 0 Å². The summed E-state index contributed by atoms with van der Waals surface area (Å²) in [5.41, 5.74) is 10.3. The third-order valence-corrected chi connectivity index (χ3v) is 1.78. The monoisotopic (exact) mass is 189 g/mol. The summed E-state index contributed by atoms with van der Waals surface area (Å²) in [4.78, 5) is 21.0. The number of nitrogens with two attached hydrogens (primary N) is 2. The highest BCUT2D eigenvalue weighted by Gasteiger charge is 2.17. The smallest absolute Gasteiger partial charge is 0.320 e. The molecule has 76 valence electrons. The SMILES string of the molecule is CNC(CCC(N)C(=O)O)C(N)=O. The predicted octanol–water partition coefficient (Wildman–Crippen LogP) is -1.75. The van der Waals surface area contributed by atoms with E-state index in [1.165, 1.54) is 0 Å². The highest BCUT2D eigenvalue weighted by Crippen LogP contribution is 1.99. The standard InChI is InChI=1S/C7H15N3O3/c1-10-5(6(9)11)3-2-4(8)7(12)13/h4-5,10H,2-3,8H2,1H3,(H2,9,11)(H,12,13). The van der Waals surface area contributed by atoms with Crippen molar-refractivity contribution in [3.63, 3.8) is 0 Å². The Morgan fingerprint density at radius 2 is 2.00 bits per heavy atom. The van der Waals surface area contributed by atoms with Gasteiger partial charge in [0.25, 0.3) is 0 Å². The van der Waals surface area contributed by atoms with Crippen molar-refractivity contribution in [1.29, 1.82) is 0 Å². The van der Waals surface area contributed by atoms with Gasteiger partial charge < -0.3 is 21.9 Å². The van der Waals surface area contributed by atoms with Crippen LogP contribution in [-0.2, 0) is 9.59 Å². The molecule has 2 unspecified atom stereocenters. The number of likely N-dealkylation sites (N-methyl/N-ethyl adjacent to an activating group) is 1. The Morgan fingerprint density at radius 3 is 2.31 bits per heavy atom. The first-order valence-corrected chi connectivity index (χ1v) is 3.94. The van der Waals surface area contributed by atoms with Crippen molar-refractivity contribution in [2.75, 3.05) is 7.05 Å². The topological polar surface area (TPSA) is 118 Å². The number of aliphatic carboxylic acids is 1. The fraction of sp³-hybridized carbons (Fsp3) is 0.714. The van der Waals surface area contributed by atoms with Gasteiger partial charge in [0.2, 0.25) is 5.91 Å². The van der Waals surface area contributed by atoms with Crippen molar-refractivity contribution in [3.05, 3.63) is 0 Å². The Labute approximate surface area is 76.3 Å². The van der Waals surface area contributed by atoms with Crippen molar-refractivity contribution in [2.24, 2.45) is 11.5 Å². The largest absolute Gasteiger partial charge is 0.480 e. The van der Waals surface area contributed by atoms with Gasteiger partial charge in [-0.1, -0.05) is 0 Å². The summed E-state index contributed by atoms with van der Waals surface area (Å²) in [7, 11) is 1.59. The van der Waals surface area contributed by atoms with E-state index >= 15 is 0 Å². The molecule has 0 radical (unpaired) electrons. The first-order valence-electron chi connectivity index (χ1n) is 3.94. The lowest BCUT2D eigenvalue weighted by molar-refractivity contribution is -0.138. The lowest BCUT2D eigenvalue weighted by atomic mass is 10.1. The summed E-state index contributed by atoms with van der Waals surface area (Å²) in [5.74, 6) is -1.57. The van der Waals surface area contributed by atoms with Crippen LogP contribution in [0.25, 0.3) is 0 Å². The van der Waals surface area contributed by atoms with Crippen LogP contribution in [0.5, 0.6) is 0 Å². The van der Waals surface area contributed by atoms with Crippen molar-refractivity contribution >= 4 is 11.9 Å². The lowest BCUT2D eigenvalue weighted by Crippen LogP contribution is -2.41. The second-order valence-electron chi connectivity index (χ2n) is 2.77. The first-order chi connectivity index (χ1) is 5.99. The van der Waals surface area contributed by atoms with Crippen molar-refractivity contribution in [2.45, 2.75) is 24.9 Å². The molecule has 0 saturated heterocycles. The maximum Gasteiger partial charge on any atom is 0.320 e. The maximum atomic E-state index is 10.7. The molecular formula is C7H15N3O3. The number of nitrogens with one attached hydrogen (secondary N) is 1. The van der Waals surface area contributed by atoms with Crippen LogP contribution in [0, 0.1) is 0 Å². The van der Waals surface area contributed by atoms with Gasteiger partial charge in [-0.05, 0) is 19.9 Å². The predicted molar refractivity (Wildman–Crippen MR) is 46.9 cm³/mol. The molecule has 13 heavy (non-hydrogen) atoms. The number of primary amides is 1. The van der Waals surface area contributed by atoms with Crippen LogP contribution >= 0.6 is 0 Å². The van der Waals surface area contributed by atoms with E-state index in [1.807, 2.05) is 0 Å². The number of hydrogen-bond donors (Lipinski definition) is 4. The minimum absolute atomic E-state index is 0.226. The van der Waals surface area contributed by atoms with E-state index < -0.39 is 24.0 Å². The Bertz CT molecular complexity index is 195. The van der Waals surface area contributed by atoms with Crippen LogP contribution in [0.1, 0.15) is 12.8 Å².